The molecule has 0 bridgehead atoms. The van der Waals surface area contributed by atoms with Gasteiger partial charge in [0.1, 0.15) is 5.52 Å². The molecule has 3 rings (SSSR count). The lowest BCUT2D eigenvalue weighted by molar-refractivity contribution is 0.171. The number of nitrogen functional groups attached to an aromatic ring is 1. The van der Waals surface area contributed by atoms with Crippen molar-refractivity contribution in [1.29, 1.82) is 0 Å². The summed E-state index contributed by atoms with van der Waals surface area (Å²) in [5.41, 5.74) is 7.91. The SMILES string of the molecule is Nc1ccc2nc(CN3CCC(O)C3)oc2c1. The largest absolute Gasteiger partial charge is 0.439 e. The van der Waals surface area contributed by atoms with Crippen LogP contribution in [0.25, 0.3) is 11.1 Å². The van der Waals surface area contributed by atoms with Gasteiger partial charge in [0, 0.05) is 24.8 Å². The number of hydrogen-bond acceptors (Lipinski definition) is 5. The molecule has 17 heavy (non-hydrogen) atoms. The summed E-state index contributed by atoms with van der Waals surface area (Å²) >= 11 is 0. The normalized spacial score (nSPS) is 21.4. The molecule has 1 aliphatic heterocycles. The predicted octanol–water partition coefficient (Wildman–Crippen LogP) is 0.977. The maximum absolute atomic E-state index is 9.44. The number of hydrogen-bond donors (Lipinski definition) is 2. The fourth-order valence-corrected chi connectivity index (χ4v) is 2.20. The molecule has 90 valence electrons. The second-order valence-corrected chi connectivity index (χ2v) is 4.51. The van der Waals surface area contributed by atoms with E-state index in [1.807, 2.05) is 12.1 Å². The van der Waals surface area contributed by atoms with Gasteiger partial charge in [0.05, 0.1) is 12.6 Å². The maximum atomic E-state index is 9.44. The lowest BCUT2D eigenvalue weighted by atomic mass is 10.3. The molecule has 1 atom stereocenters. The van der Waals surface area contributed by atoms with Gasteiger partial charge in [-0.2, -0.15) is 0 Å². The van der Waals surface area contributed by atoms with Gasteiger partial charge in [0.2, 0.25) is 5.89 Å². The van der Waals surface area contributed by atoms with Crippen LogP contribution in [0, 0.1) is 0 Å². The highest BCUT2D eigenvalue weighted by Crippen LogP contribution is 2.20. The molecule has 3 N–H and O–H groups in total. The summed E-state index contributed by atoms with van der Waals surface area (Å²) in [5.74, 6) is 0.680. The van der Waals surface area contributed by atoms with E-state index < -0.39 is 0 Å². The highest BCUT2D eigenvalue weighted by atomic mass is 16.3. The number of nitrogens with zero attached hydrogens (tertiary/aromatic N) is 2. The van der Waals surface area contributed by atoms with Crippen LogP contribution in [0.2, 0.25) is 0 Å². The third-order valence-electron chi connectivity index (χ3n) is 3.06. The summed E-state index contributed by atoms with van der Waals surface area (Å²) in [4.78, 5) is 6.53. The first-order valence-corrected chi connectivity index (χ1v) is 5.76. The van der Waals surface area contributed by atoms with E-state index in [-0.39, 0.29) is 6.10 Å². The summed E-state index contributed by atoms with van der Waals surface area (Å²) in [6, 6.07) is 5.45. The molecule has 5 nitrogen and oxygen atoms in total. The van der Waals surface area contributed by atoms with Gasteiger partial charge in [-0.05, 0) is 18.6 Å². The Labute approximate surface area is 98.8 Å². The zero-order chi connectivity index (χ0) is 11.8. The molecular formula is C12H15N3O2. The van der Waals surface area contributed by atoms with Gasteiger partial charge in [0.25, 0.3) is 0 Å². The third kappa shape index (κ3) is 2.11. The molecule has 0 saturated carbocycles. The van der Waals surface area contributed by atoms with Gasteiger partial charge < -0.3 is 15.3 Å². The minimum Gasteiger partial charge on any atom is -0.439 e. The van der Waals surface area contributed by atoms with Crippen molar-refractivity contribution >= 4 is 16.8 Å². The number of oxazole rings is 1. The Morgan fingerprint density at radius 1 is 1.53 bits per heavy atom. The van der Waals surface area contributed by atoms with Gasteiger partial charge in [-0.15, -0.1) is 0 Å². The van der Waals surface area contributed by atoms with Crippen LogP contribution >= 0.6 is 0 Å². The Bertz CT molecular complexity index is 538. The number of aromatic nitrogens is 1. The monoisotopic (exact) mass is 233 g/mol. The van der Waals surface area contributed by atoms with Crippen LogP contribution in [-0.4, -0.2) is 34.2 Å². The molecule has 0 amide bonds. The van der Waals surface area contributed by atoms with Crippen molar-refractivity contribution in [2.75, 3.05) is 18.8 Å². The summed E-state index contributed by atoms with van der Waals surface area (Å²) in [6.45, 7) is 2.23. The highest BCUT2D eigenvalue weighted by Gasteiger charge is 2.21. The molecule has 0 aliphatic carbocycles. The number of fused-ring (bicyclic) bond motifs is 1. The standard InChI is InChI=1S/C12H15N3O2/c13-8-1-2-10-11(5-8)17-12(14-10)7-15-4-3-9(16)6-15/h1-2,5,9,16H,3-4,6-7,13H2. The number of aliphatic hydroxyl groups is 1. The fourth-order valence-electron chi connectivity index (χ4n) is 2.20. The van der Waals surface area contributed by atoms with Crippen LogP contribution in [0.5, 0.6) is 0 Å². The molecule has 2 heterocycles. The number of aliphatic hydroxyl groups excluding tert-OH is 1. The van der Waals surface area contributed by atoms with E-state index in [4.69, 9.17) is 10.2 Å². The number of benzene rings is 1. The van der Waals surface area contributed by atoms with Crippen molar-refractivity contribution < 1.29 is 9.52 Å². The summed E-state index contributed by atoms with van der Waals surface area (Å²) in [5, 5.41) is 9.44. The van der Waals surface area contributed by atoms with Gasteiger partial charge in [0.15, 0.2) is 5.58 Å². The molecule has 2 aromatic rings. The van der Waals surface area contributed by atoms with Crippen molar-refractivity contribution in [3.05, 3.63) is 24.1 Å². The quantitative estimate of drug-likeness (QED) is 0.756. The van der Waals surface area contributed by atoms with E-state index in [2.05, 4.69) is 9.88 Å². The molecule has 0 spiro atoms. The van der Waals surface area contributed by atoms with E-state index in [0.717, 1.165) is 24.1 Å². The van der Waals surface area contributed by atoms with E-state index in [0.29, 0.717) is 24.7 Å². The first kappa shape index (κ1) is 10.6. The minimum atomic E-state index is -0.213. The molecular weight excluding hydrogens is 218 g/mol. The number of likely N-dealkylation sites (tertiary alicyclic amines) is 1. The molecule has 1 saturated heterocycles. The number of anilines is 1. The van der Waals surface area contributed by atoms with E-state index in [1.165, 1.54) is 0 Å². The lowest BCUT2D eigenvalue weighted by Crippen LogP contribution is -2.21. The van der Waals surface area contributed by atoms with Gasteiger partial charge >= 0.3 is 0 Å². The molecule has 1 fully saturated rings. The molecule has 1 aromatic heterocycles. The second kappa shape index (κ2) is 4.01. The van der Waals surface area contributed by atoms with Crippen LogP contribution in [0.4, 0.5) is 5.69 Å². The number of rotatable bonds is 2. The molecule has 1 aromatic carbocycles. The van der Waals surface area contributed by atoms with Crippen molar-refractivity contribution in [3.8, 4) is 0 Å². The van der Waals surface area contributed by atoms with Crippen molar-refractivity contribution in [2.24, 2.45) is 0 Å². The molecule has 1 unspecified atom stereocenters. The zero-order valence-corrected chi connectivity index (χ0v) is 9.47. The average Bonchev–Trinajstić information content (AvgIpc) is 2.84. The Morgan fingerprint density at radius 2 is 2.41 bits per heavy atom. The first-order valence-electron chi connectivity index (χ1n) is 5.76. The number of β-amino-alcohol motifs (C(OH)–C–C–N with tert-alkyl or cyclic N) is 1. The maximum Gasteiger partial charge on any atom is 0.209 e. The topological polar surface area (TPSA) is 75.5 Å². The van der Waals surface area contributed by atoms with Crippen LogP contribution in [0.1, 0.15) is 12.3 Å². The average molecular weight is 233 g/mol. The van der Waals surface area contributed by atoms with Crippen LogP contribution in [0.15, 0.2) is 22.6 Å². The van der Waals surface area contributed by atoms with Crippen LogP contribution in [-0.2, 0) is 6.54 Å². The van der Waals surface area contributed by atoms with Crippen LogP contribution < -0.4 is 5.73 Å². The Morgan fingerprint density at radius 3 is 3.18 bits per heavy atom. The second-order valence-electron chi connectivity index (χ2n) is 4.51. The fraction of sp³-hybridized carbons (Fsp3) is 0.417. The Hall–Kier alpha value is -1.59. The highest BCUT2D eigenvalue weighted by molar-refractivity contribution is 5.76. The van der Waals surface area contributed by atoms with Crippen LogP contribution in [0.3, 0.4) is 0 Å². The van der Waals surface area contributed by atoms with Crippen molar-refractivity contribution in [2.45, 2.75) is 19.1 Å². The Kier molecular flexibility index (Phi) is 2.49. The van der Waals surface area contributed by atoms with Gasteiger partial charge in [-0.1, -0.05) is 0 Å². The molecule has 1 aliphatic rings. The van der Waals surface area contributed by atoms with E-state index in [1.54, 1.807) is 6.07 Å². The lowest BCUT2D eigenvalue weighted by Gasteiger charge is -2.11. The zero-order valence-electron chi connectivity index (χ0n) is 9.47. The van der Waals surface area contributed by atoms with E-state index >= 15 is 0 Å². The van der Waals surface area contributed by atoms with Crippen molar-refractivity contribution in [3.63, 3.8) is 0 Å². The predicted molar refractivity (Wildman–Crippen MR) is 64.3 cm³/mol. The van der Waals surface area contributed by atoms with E-state index in [9.17, 15) is 5.11 Å². The Balaban J connectivity index is 1.81. The third-order valence-corrected chi connectivity index (χ3v) is 3.06. The van der Waals surface area contributed by atoms with Crippen molar-refractivity contribution in [1.82, 2.24) is 9.88 Å². The smallest absolute Gasteiger partial charge is 0.209 e. The van der Waals surface area contributed by atoms with Gasteiger partial charge in [-0.3, -0.25) is 4.90 Å². The molecule has 0 radical (unpaired) electrons. The summed E-state index contributed by atoms with van der Waals surface area (Å²) in [7, 11) is 0. The first-order chi connectivity index (χ1) is 8.20. The van der Waals surface area contributed by atoms with Gasteiger partial charge in [-0.25, -0.2) is 4.98 Å². The summed E-state index contributed by atoms with van der Waals surface area (Å²) < 4.78 is 5.63. The minimum absolute atomic E-state index is 0.213. The summed E-state index contributed by atoms with van der Waals surface area (Å²) in [6.07, 6.45) is 0.614. The molecule has 5 heteroatoms. The number of nitrogens with two attached hydrogens (primary N) is 1.